The van der Waals surface area contributed by atoms with E-state index in [4.69, 9.17) is 18.0 Å². The zero-order valence-electron chi connectivity index (χ0n) is 11.7. The summed E-state index contributed by atoms with van der Waals surface area (Å²) in [5.74, 6) is -0.282. The zero-order valence-corrected chi connectivity index (χ0v) is 12.5. The topological polar surface area (TPSA) is 59.2 Å². The number of thiocarbonyl (C=S) groups is 1. The number of nitrogens with zero attached hydrogens (tertiary/aromatic N) is 2. The number of carbonyl (C=O) groups excluding carboxylic acids is 1. The van der Waals surface area contributed by atoms with Gasteiger partial charge in [0.15, 0.2) is 0 Å². The maximum Gasteiger partial charge on any atom is 0.233 e. The van der Waals surface area contributed by atoms with Gasteiger partial charge >= 0.3 is 0 Å². The van der Waals surface area contributed by atoms with Crippen LogP contribution in [0.2, 0.25) is 0 Å². The van der Waals surface area contributed by atoms with E-state index in [9.17, 15) is 4.79 Å². The minimum absolute atomic E-state index is 0.00168. The summed E-state index contributed by atoms with van der Waals surface area (Å²) >= 11 is 5.02. The molecule has 4 nitrogen and oxygen atoms in total. The average molecular weight is 279 g/mol. The van der Waals surface area contributed by atoms with E-state index in [-0.39, 0.29) is 16.8 Å². The molecule has 0 spiro atoms. The quantitative estimate of drug-likeness (QED) is 0.809. The molecule has 1 atom stereocenters. The van der Waals surface area contributed by atoms with Gasteiger partial charge in [-0.1, -0.05) is 26.1 Å². The van der Waals surface area contributed by atoms with Crippen LogP contribution in [0.3, 0.4) is 0 Å². The first-order valence-corrected chi connectivity index (χ1v) is 6.85. The summed E-state index contributed by atoms with van der Waals surface area (Å²) in [6.45, 7) is 7.07. The fraction of sp³-hybridized carbons (Fsp3) is 0.500. The third-order valence-electron chi connectivity index (χ3n) is 3.06. The van der Waals surface area contributed by atoms with Crippen molar-refractivity contribution < 1.29 is 4.79 Å². The van der Waals surface area contributed by atoms with Crippen molar-refractivity contribution in [1.29, 1.82) is 0 Å². The van der Waals surface area contributed by atoms with Crippen LogP contribution in [0.4, 0.5) is 0 Å². The van der Waals surface area contributed by atoms with Crippen molar-refractivity contribution in [3.05, 3.63) is 30.1 Å². The summed E-state index contributed by atoms with van der Waals surface area (Å²) in [7, 11) is 0. The summed E-state index contributed by atoms with van der Waals surface area (Å²) in [5.41, 5.74) is 6.75. The maximum atomic E-state index is 12.5. The number of aromatic nitrogens is 1. The Morgan fingerprint density at radius 3 is 2.42 bits per heavy atom. The van der Waals surface area contributed by atoms with Crippen molar-refractivity contribution in [3.63, 3.8) is 0 Å². The fourth-order valence-corrected chi connectivity index (χ4v) is 2.36. The van der Waals surface area contributed by atoms with Gasteiger partial charge in [0.1, 0.15) is 0 Å². The normalized spacial score (nSPS) is 12.2. The van der Waals surface area contributed by atoms with Crippen LogP contribution in [0, 0.1) is 11.8 Å². The summed E-state index contributed by atoms with van der Waals surface area (Å²) in [6, 6.07) is 3.81. The van der Waals surface area contributed by atoms with E-state index in [2.05, 4.69) is 4.98 Å². The number of pyridine rings is 1. The predicted molar refractivity (Wildman–Crippen MR) is 80.4 cm³/mol. The molecular formula is C14H21N3OS. The zero-order chi connectivity index (χ0) is 14.4. The Morgan fingerprint density at radius 2 is 2.00 bits per heavy atom. The van der Waals surface area contributed by atoms with E-state index < -0.39 is 5.92 Å². The number of rotatable bonds is 6. The molecular weight excluding hydrogens is 258 g/mol. The molecule has 1 unspecified atom stereocenters. The highest BCUT2D eigenvalue weighted by molar-refractivity contribution is 7.80. The lowest BCUT2D eigenvalue weighted by atomic mass is 9.94. The van der Waals surface area contributed by atoms with Gasteiger partial charge in [-0.3, -0.25) is 9.78 Å². The summed E-state index contributed by atoms with van der Waals surface area (Å²) in [6.07, 6.45) is 3.45. The Kier molecular flexibility index (Phi) is 5.89. The Hall–Kier alpha value is -1.49. The van der Waals surface area contributed by atoms with Crippen LogP contribution >= 0.6 is 12.2 Å². The molecule has 2 N–H and O–H groups in total. The molecule has 1 aromatic rings. The molecule has 1 rings (SSSR count). The standard InChI is InChI=1S/C14H21N3OS/c1-4-17(9-11-5-7-16-8-6-11)14(18)12(10(2)3)13(15)19/h5-8,10,12H,4,9H2,1-3H3,(H2,15,19). The maximum absolute atomic E-state index is 12.5. The molecule has 0 bridgehead atoms. The third-order valence-corrected chi connectivity index (χ3v) is 3.31. The molecule has 0 radical (unpaired) electrons. The minimum atomic E-state index is -0.392. The molecule has 0 fully saturated rings. The van der Waals surface area contributed by atoms with Gasteiger partial charge in [-0.2, -0.15) is 0 Å². The number of amides is 1. The van der Waals surface area contributed by atoms with Crippen LogP contribution in [0.15, 0.2) is 24.5 Å². The van der Waals surface area contributed by atoms with E-state index in [1.807, 2.05) is 32.9 Å². The first kappa shape index (κ1) is 15.6. The number of nitrogens with two attached hydrogens (primary N) is 1. The van der Waals surface area contributed by atoms with Crippen LogP contribution < -0.4 is 5.73 Å². The summed E-state index contributed by atoms with van der Waals surface area (Å²) in [4.78, 5) is 18.5. The molecule has 19 heavy (non-hydrogen) atoms. The van der Waals surface area contributed by atoms with Gasteiger partial charge in [-0.05, 0) is 30.5 Å². The SMILES string of the molecule is CCN(Cc1ccncc1)C(=O)C(C(N)=S)C(C)C. The monoisotopic (exact) mass is 279 g/mol. The number of hydrogen-bond donors (Lipinski definition) is 1. The van der Waals surface area contributed by atoms with E-state index in [1.165, 1.54) is 0 Å². The van der Waals surface area contributed by atoms with Crippen molar-refractivity contribution in [1.82, 2.24) is 9.88 Å². The molecule has 0 saturated carbocycles. The molecule has 1 amide bonds. The van der Waals surface area contributed by atoms with Gasteiger partial charge in [0.2, 0.25) is 5.91 Å². The molecule has 0 aliphatic carbocycles. The van der Waals surface area contributed by atoms with Crippen LogP contribution in [0.25, 0.3) is 0 Å². The van der Waals surface area contributed by atoms with Crippen LogP contribution in [0.1, 0.15) is 26.3 Å². The summed E-state index contributed by atoms with van der Waals surface area (Å²) < 4.78 is 0. The second kappa shape index (κ2) is 7.19. The second-order valence-corrected chi connectivity index (χ2v) is 5.30. The summed E-state index contributed by atoms with van der Waals surface area (Å²) in [5, 5.41) is 0. The van der Waals surface area contributed by atoms with Crippen LogP contribution in [0.5, 0.6) is 0 Å². The van der Waals surface area contributed by atoms with Crippen molar-refractivity contribution in [2.75, 3.05) is 6.54 Å². The van der Waals surface area contributed by atoms with Gasteiger partial charge in [0, 0.05) is 25.5 Å². The highest BCUT2D eigenvalue weighted by atomic mass is 32.1. The fourth-order valence-electron chi connectivity index (χ4n) is 1.99. The Bertz CT molecular complexity index is 434. The van der Waals surface area contributed by atoms with Crippen LogP contribution in [-0.2, 0) is 11.3 Å². The number of carbonyl (C=O) groups is 1. The first-order valence-electron chi connectivity index (χ1n) is 6.44. The molecule has 104 valence electrons. The molecule has 5 heteroatoms. The van der Waals surface area contributed by atoms with Gasteiger partial charge < -0.3 is 10.6 Å². The molecule has 0 aliphatic heterocycles. The molecule has 0 saturated heterocycles. The lowest BCUT2D eigenvalue weighted by Gasteiger charge is -2.27. The highest BCUT2D eigenvalue weighted by Gasteiger charge is 2.28. The van der Waals surface area contributed by atoms with E-state index in [0.29, 0.717) is 13.1 Å². The van der Waals surface area contributed by atoms with Gasteiger partial charge in [0.05, 0.1) is 10.9 Å². The average Bonchev–Trinajstić information content (AvgIpc) is 2.36. The van der Waals surface area contributed by atoms with Crippen molar-refractivity contribution >= 4 is 23.1 Å². The van der Waals surface area contributed by atoms with E-state index >= 15 is 0 Å². The van der Waals surface area contributed by atoms with Crippen molar-refractivity contribution in [3.8, 4) is 0 Å². The lowest BCUT2D eigenvalue weighted by Crippen LogP contribution is -2.43. The molecule has 0 aliphatic rings. The Morgan fingerprint density at radius 1 is 1.42 bits per heavy atom. The Labute approximate surface area is 120 Å². The van der Waals surface area contributed by atoms with Gasteiger partial charge in [-0.15, -0.1) is 0 Å². The smallest absolute Gasteiger partial charge is 0.233 e. The van der Waals surface area contributed by atoms with Gasteiger partial charge in [-0.25, -0.2) is 0 Å². The van der Waals surface area contributed by atoms with Crippen molar-refractivity contribution in [2.24, 2.45) is 17.6 Å². The van der Waals surface area contributed by atoms with Gasteiger partial charge in [0.25, 0.3) is 0 Å². The van der Waals surface area contributed by atoms with E-state index in [1.54, 1.807) is 17.3 Å². The molecule has 1 aromatic heterocycles. The lowest BCUT2D eigenvalue weighted by molar-refractivity contribution is -0.134. The molecule has 1 heterocycles. The van der Waals surface area contributed by atoms with Crippen molar-refractivity contribution in [2.45, 2.75) is 27.3 Å². The Balaban J connectivity index is 2.84. The largest absolute Gasteiger partial charge is 0.393 e. The minimum Gasteiger partial charge on any atom is -0.393 e. The second-order valence-electron chi connectivity index (χ2n) is 4.83. The van der Waals surface area contributed by atoms with E-state index in [0.717, 1.165) is 5.56 Å². The first-order chi connectivity index (χ1) is 8.97. The third kappa shape index (κ3) is 4.28. The number of hydrogen-bond acceptors (Lipinski definition) is 3. The highest BCUT2D eigenvalue weighted by Crippen LogP contribution is 2.16. The van der Waals surface area contributed by atoms with Crippen LogP contribution in [-0.4, -0.2) is 27.3 Å². The predicted octanol–water partition coefficient (Wildman–Crippen LogP) is 1.99. The molecule has 0 aromatic carbocycles.